The number of halogens is 2. The molecule has 16 heavy (non-hydrogen) atoms. The minimum absolute atomic E-state index is 0.0517. The van der Waals surface area contributed by atoms with Gasteiger partial charge in [-0.05, 0) is 18.1 Å². The van der Waals surface area contributed by atoms with E-state index in [1.54, 1.807) is 19.1 Å². The van der Waals surface area contributed by atoms with Crippen molar-refractivity contribution in [1.29, 1.82) is 0 Å². The SMILES string of the molecule is C=C(c1ccccc1C)C(F)(F)P(=O)(O)O. The van der Waals surface area contributed by atoms with Crippen LogP contribution < -0.4 is 0 Å². The van der Waals surface area contributed by atoms with Crippen LogP contribution in [0.25, 0.3) is 5.57 Å². The third-order valence-electron chi connectivity index (χ3n) is 2.20. The van der Waals surface area contributed by atoms with Gasteiger partial charge in [-0.25, -0.2) is 0 Å². The lowest BCUT2D eigenvalue weighted by atomic mass is 10.0. The monoisotopic (exact) mass is 248 g/mol. The van der Waals surface area contributed by atoms with Crippen molar-refractivity contribution in [2.24, 2.45) is 0 Å². The zero-order chi connectivity index (χ0) is 12.6. The molecule has 3 nitrogen and oxygen atoms in total. The maximum atomic E-state index is 13.3. The van der Waals surface area contributed by atoms with Gasteiger partial charge in [-0.3, -0.25) is 4.57 Å². The smallest absolute Gasteiger partial charge is 0.320 e. The molecule has 0 bridgehead atoms. The minimum atomic E-state index is -5.54. The minimum Gasteiger partial charge on any atom is -0.320 e. The van der Waals surface area contributed by atoms with Crippen LogP contribution in [0.4, 0.5) is 8.78 Å². The lowest BCUT2D eigenvalue weighted by molar-refractivity contribution is 0.118. The zero-order valence-electron chi connectivity index (χ0n) is 8.52. The summed E-state index contributed by atoms with van der Waals surface area (Å²) in [6.07, 6.45) is 0. The van der Waals surface area contributed by atoms with E-state index in [2.05, 4.69) is 6.58 Å². The molecule has 0 fully saturated rings. The highest BCUT2D eigenvalue weighted by atomic mass is 31.2. The Bertz CT molecular complexity index is 465. The van der Waals surface area contributed by atoms with Gasteiger partial charge < -0.3 is 9.79 Å². The van der Waals surface area contributed by atoms with Gasteiger partial charge in [-0.15, -0.1) is 0 Å². The summed E-state index contributed by atoms with van der Waals surface area (Å²) in [4.78, 5) is 17.1. The van der Waals surface area contributed by atoms with E-state index in [9.17, 15) is 13.3 Å². The number of hydrogen-bond donors (Lipinski definition) is 2. The quantitative estimate of drug-likeness (QED) is 0.808. The average Bonchev–Trinajstić information content (AvgIpc) is 2.15. The average molecular weight is 248 g/mol. The number of rotatable bonds is 3. The number of hydrogen-bond acceptors (Lipinski definition) is 1. The Morgan fingerprint density at radius 1 is 1.38 bits per heavy atom. The fourth-order valence-corrected chi connectivity index (χ4v) is 1.72. The van der Waals surface area contributed by atoms with E-state index in [0.717, 1.165) is 0 Å². The summed E-state index contributed by atoms with van der Waals surface area (Å²) in [5.74, 6) is 0. The first-order valence-corrected chi connectivity index (χ1v) is 5.98. The van der Waals surface area contributed by atoms with Crippen molar-refractivity contribution in [2.75, 3.05) is 0 Å². The van der Waals surface area contributed by atoms with Crippen molar-refractivity contribution >= 4 is 13.2 Å². The van der Waals surface area contributed by atoms with Gasteiger partial charge in [0.15, 0.2) is 0 Å². The third-order valence-corrected chi connectivity index (χ3v) is 3.20. The molecular weight excluding hydrogens is 237 g/mol. The van der Waals surface area contributed by atoms with Crippen LogP contribution in [-0.2, 0) is 4.57 Å². The molecule has 0 aromatic heterocycles. The molecule has 6 heteroatoms. The Hall–Kier alpha value is -1.03. The predicted octanol–water partition coefficient (Wildman–Crippen LogP) is 2.78. The first-order chi connectivity index (χ1) is 7.18. The van der Waals surface area contributed by atoms with Gasteiger partial charge in [0.25, 0.3) is 0 Å². The molecule has 88 valence electrons. The molecule has 0 atom stereocenters. The Morgan fingerprint density at radius 2 is 1.88 bits per heavy atom. The molecule has 0 radical (unpaired) electrons. The molecule has 0 heterocycles. The summed E-state index contributed by atoms with van der Waals surface area (Å²) in [7, 11) is -5.54. The van der Waals surface area contributed by atoms with Gasteiger partial charge in [0.05, 0.1) is 0 Å². The predicted molar refractivity (Wildman–Crippen MR) is 57.2 cm³/mol. The lowest BCUT2D eigenvalue weighted by Gasteiger charge is -2.21. The molecule has 0 amide bonds. The highest BCUT2D eigenvalue weighted by molar-refractivity contribution is 7.53. The summed E-state index contributed by atoms with van der Waals surface area (Å²) in [6.45, 7) is 4.65. The first-order valence-electron chi connectivity index (χ1n) is 4.37. The fourth-order valence-electron chi connectivity index (χ4n) is 1.25. The first kappa shape index (κ1) is 13.0. The Morgan fingerprint density at radius 3 is 2.31 bits per heavy atom. The Labute approximate surface area is 91.6 Å². The van der Waals surface area contributed by atoms with E-state index >= 15 is 0 Å². The number of alkyl halides is 2. The molecule has 0 aliphatic heterocycles. The van der Waals surface area contributed by atoms with Crippen LogP contribution in [0.15, 0.2) is 30.8 Å². The molecular formula is C10H11F2O3P. The van der Waals surface area contributed by atoms with E-state index in [0.29, 0.717) is 5.56 Å². The second-order valence-corrected chi connectivity index (χ2v) is 5.03. The maximum Gasteiger partial charge on any atom is 0.399 e. The summed E-state index contributed by atoms with van der Waals surface area (Å²) >= 11 is 0. The van der Waals surface area contributed by atoms with Gasteiger partial charge in [0.1, 0.15) is 0 Å². The van der Waals surface area contributed by atoms with Crippen LogP contribution in [0.3, 0.4) is 0 Å². The van der Waals surface area contributed by atoms with Crippen LogP contribution in [0.2, 0.25) is 0 Å². The molecule has 0 aliphatic rings. The van der Waals surface area contributed by atoms with Gasteiger partial charge in [-0.1, -0.05) is 30.8 Å². The van der Waals surface area contributed by atoms with Crippen molar-refractivity contribution in [1.82, 2.24) is 0 Å². The lowest BCUT2D eigenvalue weighted by Crippen LogP contribution is -2.18. The van der Waals surface area contributed by atoms with Crippen LogP contribution >= 0.6 is 7.60 Å². The van der Waals surface area contributed by atoms with Gasteiger partial charge in [-0.2, -0.15) is 8.78 Å². The normalized spacial score (nSPS) is 12.6. The molecule has 0 saturated heterocycles. The molecule has 0 aliphatic carbocycles. The highest BCUT2D eigenvalue weighted by Gasteiger charge is 2.51. The second-order valence-electron chi connectivity index (χ2n) is 3.38. The number of allylic oxidation sites excluding steroid dienone is 1. The van der Waals surface area contributed by atoms with Crippen molar-refractivity contribution < 1.29 is 23.1 Å². The second kappa shape index (κ2) is 4.09. The molecule has 2 N–H and O–H groups in total. The van der Waals surface area contributed by atoms with Gasteiger partial charge in [0, 0.05) is 5.57 Å². The van der Waals surface area contributed by atoms with Crippen LogP contribution in [0.1, 0.15) is 11.1 Å². The van der Waals surface area contributed by atoms with Crippen LogP contribution in [0, 0.1) is 6.92 Å². The van der Waals surface area contributed by atoms with E-state index in [-0.39, 0.29) is 5.56 Å². The van der Waals surface area contributed by atoms with E-state index < -0.39 is 18.8 Å². The van der Waals surface area contributed by atoms with Crippen molar-refractivity contribution in [3.8, 4) is 0 Å². The molecule has 1 rings (SSSR count). The van der Waals surface area contributed by atoms with Crippen LogP contribution in [0.5, 0.6) is 0 Å². The number of benzene rings is 1. The highest BCUT2D eigenvalue weighted by Crippen LogP contribution is 2.58. The standard InChI is InChI=1S/C10H11F2O3P/c1-7-5-3-4-6-9(7)8(2)10(11,12)16(13,14)15/h3-6H,2H2,1H3,(H2,13,14,15). The molecule has 0 spiro atoms. The zero-order valence-corrected chi connectivity index (χ0v) is 9.42. The van der Waals surface area contributed by atoms with Crippen molar-refractivity contribution in [3.05, 3.63) is 42.0 Å². The summed E-state index contributed by atoms with van der Waals surface area (Å²) < 4.78 is 37.3. The fraction of sp³-hybridized carbons (Fsp3) is 0.200. The van der Waals surface area contributed by atoms with Crippen molar-refractivity contribution in [3.63, 3.8) is 0 Å². The molecule has 0 saturated carbocycles. The molecule has 1 aromatic carbocycles. The van der Waals surface area contributed by atoms with E-state index in [4.69, 9.17) is 9.79 Å². The molecule has 1 aromatic rings. The maximum absolute atomic E-state index is 13.3. The van der Waals surface area contributed by atoms with Crippen LogP contribution in [-0.4, -0.2) is 15.5 Å². The summed E-state index contributed by atoms with van der Waals surface area (Å²) in [5.41, 5.74) is -4.56. The summed E-state index contributed by atoms with van der Waals surface area (Å²) in [5, 5.41) is 0. The Kier molecular flexibility index (Phi) is 3.33. The molecule has 0 unspecified atom stereocenters. The van der Waals surface area contributed by atoms with E-state index in [1.807, 2.05) is 0 Å². The third kappa shape index (κ3) is 2.21. The van der Waals surface area contributed by atoms with Gasteiger partial charge >= 0.3 is 13.3 Å². The topological polar surface area (TPSA) is 57.5 Å². The Balaban J connectivity index is 3.24. The summed E-state index contributed by atoms with van der Waals surface area (Å²) in [6, 6.07) is 6.06. The van der Waals surface area contributed by atoms with Gasteiger partial charge in [0.2, 0.25) is 0 Å². The van der Waals surface area contributed by atoms with E-state index in [1.165, 1.54) is 12.1 Å². The van der Waals surface area contributed by atoms with Crippen molar-refractivity contribution in [2.45, 2.75) is 12.6 Å². The largest absolute Gasteiger partial charge is 0.399 e. The number of aryl methyl sites for hydroxylation is 1.